The summed E-state index contributed by atoms with van der Waals surface area (Å²) in [4.78, 5) is 23.2. The second-order valence-corrected chi connectivity index (χ2v) is 7.50. The minimum atomic E-state index is -0.573. The summed E-state index contributed by atoms with van der Waals surface area (Å²) in [6.45, 7) is 1.75. The van der Waals surface area contributed by atoms with Gasteiger partial charge in [-0.1, -0.05) is 29.8 Å². The molecule has 3 aromatic carbocycles. The van der Waals surface area contributed by atoms with E-state index in [1.807, 2.05) is 6.07 Å². The number of anilines is 1. The van der Waals surface area contributed by atoms with Crippen molar-refractivity contribution in [1.29, 1.82) is 5.26 Å². The minimum absolute atomic E-state index is 0.0555. The van der Waals surface area contributed by atoms with Gasteiger partial charge in [0, 0.05) is 17.2 Å². The van der Waals surface area contributed by atoms with Gasteiger partial charge in [-0.3, -0.25) is 14.9 Å². The average Bonchev–Trinajstić information content (AvgIpc) is 3.08. The highest BCUT2D eigenvalue weighted by Gasteiger charge is 2.28. The van der Waals surface area contributed by atoms with Gasteiger partial charge in [-0.2, -0.15) is 15.4 Å². The molecule has 3 aromatic rings. The number of ether oxygens (including phenoxy) is 1. The van der Waals surface area contributed by atoms with E-state index in [1.165, 1.54) is 17.1 Å². The van der Waals surface area contributed by atoms with E-state index in [9.17, 15) is 20.2 Å². The molecule has 0 atom stereocenters. The molecule has 1 amide bonds. The first-order valence-corrected chi connectivity index (χ1v) is 10.1. The van der Waals surface area contributed by atoms with E-state index in [2.05, 4.69) is 5.10 Å². The van der Waals surface area contributed by atoms with Gasteiger partial charge < -0.3 is 4.74 Å². The predicted octanol–water partition coefficient (Wildman–Crippen LogP) is 5.72. The Morgan fingerprint density at radius 3 is 2.58 bits per heavy atom. The van der Waals surface area contributed by atoms with Crippen molar-refractivity contribution in [3.05, 3.63) is 98.6 Å². The number of carbonyl (C=O) groups excluding carboxylic acids is 1. The van der Waals surface area contributed by atoms with Crippen LogP contribution in [0.5, 0.6) is 11.5 Å². The van der Waals surface area contributed by atoms with Crippen LogP contribution in [-0.4, -0.2) is 16.5 Å². The summed E-state index contributed by atoms with van der Waals surface area (Å²) in [7, 11) is 0. The molecule has 162 valence electrons. The number of nitrogens with zero attached hydrogens (tertiary/aromatic N) is 4. The zero-order valence-corrected chi connectivity index (χ0v) is 18.0. The second kappa shape index (κ2) is 8.94. The molecule has 0 fully saturated rings. The highest BCUT2D eigenvalue weighted by atomic mass is 35.5. The predicted molar refractivity (Wildman–Crippen MR) is 124 cm³/mol. The molecule has 0 saturated carbocycles. The summed E-state index contributed by atoms with van der Waals surface area (Å²) in [5.74, 6) is 0.381. The molecule has 0 radical (unpaired) electrons. The van der Waals surface area contributed by atoms with Crippen molar-refractivity contribution in [3.63, 3.8) is 0 Å². The number of amides is 1. The highest BCUT2D eigenvalue weighted by molar-refractivity contribution is 6.33. The third-order valence-electron chi connectivity index (χ3n) is 4.83. The fourth-order valence-electron chi connectivity index (χ4n) is 3.20. The lowest BCUT2D eigenvalue weighted by atomic mass is 10.1. The molecule has 1 heterocycles. The molecular formula is C24H15ClN4O4. The van der Waals surface area contributed by atoms with Crippen LogP contribution >= 0.6 is 11.6 Å². The van der Waals surface area contributed by atoms with Crippen molar-refractivity contribution < 1.29 is 14.5 Å². The number of rotatable bonds is 5. The zero-order valence-electron chi connectivity index (χ0n) is 17.2. The van der Waals surface area contributed by atoms with E-state index in [0.717, 1.165) is 11.6 Å². The third-order valence-corrected chi connectivity index (χ3v) is 5.06. The Bertz CT molecular complexity index is 1370. The van der Waals surface area contributed by atoms with E-state index in [4.69, 9.17) is 16.3 Å². The van der Waals surface area contributed by atoms with Crippen molar-refractivity contribution >= 4 is 40.7 Å². The van der Waals surface area contributed by atoms with Gasteiger partial charge in [-0.25, -0.2) is 0 Å². The Kier molecular flexibility index (Phi) is 5.89. The van der Waals surface area contributed by atoms with Gasteiger partial charge in [0.25, 0.3) is 11.6 Å². The lowest BCUT2D eigenvalue weighted by molar-refractivity contribution is -0.384. The number of non-ortho nitro benzene ring substituents is 1. The Morgan fingerprint density at radius 1 is 1.15 bits per heavy atom. The quantitative estimate of drug-likeness (QED) is 0.276. The van der Waals surface area contributed by atoms with Gasteiger partial charge in [0.05, 0.1) is 21.9 Å². The Labute approximate surface area is 193 Å². The number of carbonyl (C=O) groups is 1. The van der Waals surface area contributed by atoms with E-state index >= 15 is 0 Å². The molecule has 0 N–H and O–H groups in total. The van der Waals surface area contributed by atoms with Crippen LogP contribution in [-0.2, 0) is 4.79 Å². The van der Waals surface area contributed by atoms with Crippen molar-refractivity contribution in [2.75, 3.05) is 5.01 Å². The molecule has 0 spiro atoms. The number of hydrazone groups is 1. The summed E-state index contributed by atoms with van der Waals surface area (Å²) >= 11 is 6.03. The fourth-order valence-corrected chi connectivity index (χ4v) is 3.39. The van der Waals surface area contributed by atoms with Crippen LogP contribution in [0.4, 0.5) is 11.4 Å². The van der Waals surface area contributed by atoms with E-state index in [0.29, 0.717) is 27.7 Å². The molecule has 9 heteroatoms. The lowest BCUT2D eigenvalue weighted by Crippen LogP contribution is -2.21. The summed E-state index contributed by atoms with van der Waals surface area (Å²) in [6.07, 6.45) is 1.72. The summed E-state index contributed by atoms with van der Waals surface area (Å²) < 4.78 is 5.71. The molecule has 0 bridgehead atoms. The maximum atomic E-state index is 12.9. The summed E-state index contributed by atoms with van der Waals surface area (Å²) in [6, 6.07) is 19.5. The molecule has 0 aliphatic carbocycles. The number of hydrogen-bond acceptors (Lipinski definition) is 6. The van der Waals surface area contributed by atoms with Crippen LogP contribution in [0.25, 0.3) is 6.08 Å². The largest absolute Gasteiger partial charge is 0.456 e. The van der Waals surface area contributed by atoms with Gasteiger partial charge in [-0.05, 0) is 55.0 Å². The molecule has 33 heavy (non-hydrogen) atoms. The van der Waals surface area contributed by atoms with Gasteiger partial charge in [-0.15, -0.1) is 0 Å². The van der Waals surface area contributed by atoms with Gasteiger partial charge in [0.1, 0.15) is 23.1 Å². The van der Waals surface area contributed by atoms with Crippen LogP contribution in [0.1, 0.15) is 18.1 Å². The molecule has 8 nitrogen and oxygen atoms in total. The third kappa shape index (κ3) is 4.59. The standard InChI is InChI=1S/C24H15ClN4O4/c1-15-22(24(30)28(27-15)19-4-2-3-18(25)13-19)11-16-5-8-21(9-6-16)33-23-10-7-20(29(31)32)12-17(23)14-26/h2-13H,1H3/b22-11-. The number of nitro benzene ring substituents is 1. The summed E-state index contributed by atoms with van der Waals surface area (Å²) in [5.41, 5.74) is 2.22. The van der Waals surface area contributed by atoms with E-state index < -0.39 is 4.92 Å². The van der Waals surface area contributed by atoms with Gasteiger partial charge in [0.15, 0.2) is 0 Å². The fraction of sp³-hybridized carbons (Fsp3) is 0.0417. The number of hydrogen-bond donors (Lipinski definition) is 0. The van der Waals surface area contributed by atoms with Crippen molar-refractivity contribution in [2.24, 2.45) is 5.10 Å². The van der Waals surface area contributed by atoms with Crippen LogP contribution in [0.3, 0.4) is 0 Å². The molecule has 0 aromatic heterocycles. The van der Waals surface area contributed by atoms with Crippen LogP contribution in [0, 0.1) is 21.4 Å². The average molecular weight is 459 g/mol. The minimum Gasteiger partial charge on any atom is -0.456 e. The van der Waals surface area contributed by atoms with Crippen molar-refractivity contribution in [3.8, 4) is 17.6 Å². The van der Waals surface area contributed by atoms with Gasteiger partial charge >= 0.3 is 0 Å². The number of nitro groups is 1. The monoisotopic (exact) mass is 458 g/mol. The van der Waals surface area contributed by atoms with Gasteiger partial charge in [0.2, 0.25) is 0 Å². The van der Waals surface area contributed by atoms with Crippen LogP contribution in [0.15, 0.2) is 77.4 Å². The highest BCUT2D eigenvalue weighted by Crippen LogP contribution is 2.30. The SMILES string of the molecule is CC1=NN(c2cccc(Cl)c2)C(=O)/C1=C\c1ccc(Oc2ccc([N+](=O)[O-])cc2C#N)cc1. The first-order valence-electron chi connectivity index (χ1n) is 9.69. The molecular weight excluding hydrogens is 444 g/mol. The second-order valence-electron chi connectivity index (χ2n) is 7.06. The number of benzene rings is 3. The lowest BCUT2D eigenvalue weighted by Gasteiger charge is -2.11. The first-order chi connectivity index (χ1) is 15.9. The topological polar surface area (TPSA) is 109 Å². The Balaban J connectivity index is 1.53. The zero-order chi connectivity index (χ0) is 23.5. The first kappa shape index (κ1) is 21.7. The smallest absolute Gasteiger partial charge is 0.280 e. The molecule has 0 unspecified atom stereocenters. The normalized spacial score (nSPS) is 14.2. The molecule has 1 aliphatic heterocycles. The summed E-state index contributed by atoms with van der Waals surface area (Å²) in [5, 5.41) is 26.3. The van der Waals surface area contributed by atoms with E-state index in [1.54, 1.807) is 61.5 Å². The Hall–Kier alpha value is -4.48. The number of halogens is 1. The van der Waals surface area contributed by atoms with Crippen LogP contribution < -0.4 is 9.75 Å². The number of nitriles is 1. The maximum Gasteiger partial charge on any atom is 0.280 e. The Morgan fingerprint density at radius 2 is 1.91 bits per heavy atom. The molecule has 0 saturated heterocycles. The van der Waals surface area contributed by atoms with Crippen molar-refractivity contribution in [2.45, 2.75) is 6.92 Å². The maximum absolute atomic E-state index is 12.9. The molecule has 1 aliphatic rings. The van der Waals surface area contributed by atoms with E-state index in [-0.39, 0.29) is 22.9 Å². The van der Waals surface area contributed by atoms with Crippen molar-refractivity contribution in [1.82, 2.24) is 0 Å². The van der Waals surface area contributed by atoms with Crippen LogP contribution in [0.2, 0.25) is 5.02 Å². The molecule has 4 rings (SSSR count).